The standard InChI is InChI=1S/C29H25F3N2O2/c1-19-25(22-9-11-24(12-10-22)36-29(30,31)32)6-4-7-26(19)28(35)34-14-13-20(18-34)15-21-16-23-5-2-3-8-27(23)33-17-21/h2-12,16-17,20H,13-15,18H2,1H3. The molecule has 0 N–H and O–H groups in total. The van der Waals surface area contributed by atoms with Crippen LogP contribution < -0.4 is 4.74 Å². The highest BCUT2D eigenvalue weighted by Gasteiger charge is 2.31. The zero-order valence-corrected chi connectivity index (χ0v) is 19.8. The van der Waals surface area contributed by atoms with E-state index in [1.807, 2.05) is 54.4 Å². The number of carbonyl (C=O) groups excluding carboxylic acids is 1. The van der Waals surface area contributed by atoms with Gasteiger partial charge in [0.2, 0.25) is 0 Å². The molecule has 0 spiro atoms. The van der Waals surface area contributed by atoms with Gasteiger partial charge in [-0.3, -0.25) is 9.78 Å². The average molecular weight is 491 g/mol. The van der Waals surface area contributed by atoms with E-state index in [-0.39, 0.29) is 11.7 Å². The molecule has 1 aliphatic rings. The van der Waals surface area contributed by atoms with E-state index in [0.29, 0.717) is 24.6 Å². The third-order valence-electron chi connectivity index (χ3n) is 6.71. The predicted molar refractivity (Wildman–Crippen MR) is 133 cm³/mol. The van der Waals surface area contributed by atoms with E-state index in [4.69, 9.17) is 0 Å². The second kappa shape index (κ2) is 9.64. The molecule has 1 amide bonds. The zero-order valence-electron chi connectivity index (χ0n) is 19.8. The van der Waals surface area contributed by atoms with Gasteiger partial charge in [0.25, 0.3) is 5.91 Å². The van der Waals surface area contributed by atoms with Crippen LogP contribution in [0, 0.1) is 12.8 Å². The number of amides is 1. The molecule has 1 unspecified atom stereocenters. The number of halogens is 3. The number of alkyl halides is 3. The maximum Gasteiger partial charge on any atom is 0.573 e. The molecule has 4 aromatic rings. The lowest BCUT2D eigenvalue weighted by molar-refractivity contribution is -0.274. The molecule has 36 heavy (non-hydrogen) atoms. The van der Waals surface area contributed by atoms with Crippen molar-refractivity contribution in [3.8, 4) is 16.9 Å². The molecule has 3 aromatic carbocycles. The van der Waals surface area contributed by atoms with Crippen molar-refractivity contribution in [3.63, 3.8) is 0 Å². The minimum Gasteiger partial charge on any atom is -0.406 e. The first kappa shape index (κ1) is 23.9. The largest absolute Gasteiger partial charge is 0.573 e. The Morgan fingerprint density at radius 1 is 1.06 bits per heavy atom. The molecular formula is C29H25F3N2O2. The number of hydrogen-bond acceptors (Lipinski definition) is 3. The Morgan fingerprint density at radius 3 is 2.61 bits per heavy atom. The smallest absolute Gasteiger partial charge is 0.406 e. The summed E-state index contributed by atoms with van der Waals surface area (Å²) in [5.41, 5.74) is 5.08. The van der Waals surface area contributed by atoms with E-state index in [1.165, 1.54) is 17.7 Å². The van der Waals surface area contributed by atoms with Crippen LogP contribution >= 0.6 is 0 Å². The van der Waals surface area contributed by atoms with Crippen molar-refractivity contribution >= 4 is 16.8 Å². The molecule has 2 heterocycles. The Balaban J connectivity index is 1.28. The number of ether oxygens (including phenoxy) is 1. The number of likely N-dealkylation sites (tertiary alicyclic amines) is 1. The Labute approximate surface area is 207 Å². The normalized spacial score (nSPS) is 15.9. The van der Waals surface area contributed by atoms with Crippen LogP contribution in [0.5, 0.6) is 5.75 Å². The van der Waals surface area contributed by atoms with Crippen molar-refractivity contribution in [1.29, 1.82) is 0 Å². The van der Waals surface area contributed by atoms with Gasteiger partial charge in [0.15, 0.2) is 0 Å². The van der Waals surface area contributed by atoms with Crippen LogP contribution in [0.2, 0.25) is 0 Å². The van der Waals surface area contributed by atoms with Crippen LogP contribution in [0.3, 0.4) is 0 Å². The molecule has 184 valence electrons. The quantitative estimate of drug-likeness (QED) is 0.309. The molecule has 4 nitrogen and oxygen atoms in total. The Bertz CT molecular complexity index is 1400. The van der Waals surface area contributed by atoms with Gasteiger partial charge in [0.1, 0.15) is 5.75 Å². The third-order valence-corrected chi connectivity index (χ3v) is 6.71. The Morgan fingerprint density at radius 2 is 1.83 bits per heavy atom. The molecule has 1 aromatic heterocycles. The summed E-state index contributed by atoms with van der Waals surface area (Å²) in [6, 6.07) is 21.4. The van der Waals surface area contributed by atoms with E-state index in [0.717, 1.165) is 40.4 Å². The lowest BCUT2D eigenvalue weighted by Gasteiger charge is -2.19. The summed E-state index contributed by atoms with van der Waals surface area (Å²) in [4.78, 5) is 19.9. The van der Waals surface area contributed by atoms with Crippen molar-refractivity contribution in [2.24, 2.45) is 5.92 Å². The number of nitrogens with zero attached hydrogens (tertiary/aromatic N) is 2. The van der Waals surface area contributed by atoms with Crippen molar-refractivity contribution in [2.45, 2.75) is 26.1 Å². The van der Waals surface area contributed by atoms with Gasteiger partial charge < -0.3 is 9.64 Å². The van der Waals surface area contributed by atoms with Crippen LogP contribution in [0.4, 0.5) is 13.2 Å². The summed E-state index contributed by atoms with van der Waals surface area (Å²) in [5.74, 6) is 0.0629. The number of aromatic nitrogens is 1. The number of carbonyl (C=O) groups is 1. The fraction of sp³-hybridized carbons (Fsp3) is 0.241. The van der Waals surface area contributed by atoms with Gasteiger partial charge in [-0.15, -0.1) is 13.2 Å². The highest BCUT2D eigenvalue weighted by Crippen LogP contribution is 2.31. The van der Waals surface area contributed by atoms with Gasteiger partial charge in [-0.2, -0.15) is 0 Å². The zero-order chi connectivity index (χ0) is 25.3. The van der Waals surface area contributed by atoms with Crippen LogP contribution in [0.1, 0.15) is 27.9 Å². The van der Waals surface area contributed by atoms with E-state index in [9.17, 15) is 18.0 Å². The number of rotatable bonds is 5. The molecule has 5 rings (SSSR count). The molecule has 0 aliphatic carbocycles. The van der Waals surface area contributed by atoms with E-state index >= 15 is 0 Å². The van der Waals surface area contributed by atoms with Gasteiger partial charge in [-0.25, -0.2) is 0 Å². The van der Waals surface area contributed by atoms with Crippen LogP contribution in [-0.2, 0) is 6.42 Å². The first-order chi connectivity index (χ1) is 17.3. The monoisotopic (exact) mass is 490 g/mol. The van der Waals surface area contributed by atoms with Crippen molar-refractivity contribution in [1.82, 2.24) is 9.88 Å². The van der Waals surface area contributed by atoms with E-state index < -0.39 is 6.36 Å². The summed E-state index contributed by atoms with van der Waals surface area (Å²) in [6.45, 7) is 3.24. The molecule has 1 atom stereocenters. The maximum absolute atomic E-state index is 13.4. The topological polar surface area (TPSA) is 42.4 Å². The van der Waals surface area contributed by atoms with Gasteiger partial charge in [-0.05, 0) is 78.3 Å². The van der Waals surface area contributed by atoms with Crippen LogP contribution in [0.15, 0.2) is 79.0 Å². The van der Waals surface area contributed by atoms with Crippen molar-refractivity contribution in [3.05, 3.63) is 95.7 Å². The summed E-state index contributed by atoms with van der Waals surface area (Å²) in [5, 5.41) is 1.12. The first-order valence-corrected chi connectivity index (χ1v) is 11.9. The molecular weight excluding hydrogens is 465 g/mol. The molecule has 0 radical (unpaired) electrons. The number of benzene rings is 3. The van der Waals surface area contributed by atoms with Crippen LogP contribution in [-0.4, -0.2) is 35.2 Å². The average Bonchev–Trinajstić information content (AvgIpc) is 3.32. The maximum atomic E-state index is 13.4. The molecule has 1 fully saturated rings. The molecule has 0 saturated carbocycles. The van der Waals surface area contributed by atoms with Gasteiger partial charge in [-0.1, -0.05) is 42.5 Å². The lowest BCUT2D eigenvalue weighted by atomic mass is 9.95. The molecule has 0 bridgehead atoms. The second-order valence-corrected chi connectivity index (χ2v) is 9.20. The van der Waals surface area contributed by atoms with Gasteiger partial charge in [0.05, 0.1) is 5.52 Å². The van der Waals surface area contributed by atoms with E-state index in [1.54, 1.807) is 12.1 Å². The molecule has 1 aliphatic heterocycles. The van der Waals surface area contributed by atoms with Crippen LogP contribution in [0.25, 0.3) is 22.0 Å². The fourth-order valence-corrected chi connectivity index (χ4v) is 4.93. The SMILES string of the molecule is Cc1c(C(=O)N2CCC(Cc3cnc4ccccc4c3)C2)cccc1-c1ccc(OC(F)(F)F)cc1. The molecule has 1 saturated heterocycles. The minimum atomic E-state index is -4.73. The number of para-hydroxylation sites is 1. The summed E-state index contributed by atoms with van der Waals surface area (Å²) < 4.78 is 41.4. The van der Waals surface area contributed by atoms with Gasteiger partial charge >= 0.3 is 6.36 Å². The lowest BCUT2D eigenvalue weighted by Crippen LogP contribution is -2.29. The van der Waals surface area contributed by atoms with Gasteiger partial charge in [0, 0.05) is 30.2 Å². The second-order valence-electron chi connectivity index (χ2n) is 9.20. The summed E-state index contributed by atoms with van der Waals surface area (Å²) in [7, 11) is 0. The Kier molecular flexibility index (Phi) is 6.39. The number of fused-ring (bicyclic) bond motifs is 1. The minimum absolute atomic E-state index is 0.0227. The highest BCUT2D eigenvalue weighted by molar-refractivity contribution is 5.97. The highest BCUT2D eigenvalue weighted by atomic mass is 19.4. The van der Waals surface area contributed by atoms with E-state index in [2.05, 4.69) is 21.9 Å². The Hall–Kier alpha value is -3.87. The summed E-state index contributed by atoms with van der Waals surface area (Å²) >= 11 is 0. The predicted octanol–water partition coefficient (Wildman–Crippen LogP) is 6.81. The third kappa shape index (κ3) is 5.20. The number of hydrogen-bond donors (Lipinski definition) is 0. The molecule has 7 heteroatoms. The fourth-order valence-electron chi connectivity index (χ4n) is 4.93. The van der Waals surface area contributed by atoms with Crippen molar-refractivity contribution < 1.29 is 22.7 Å². The van der Waals surface area contributed by atoms with Crippen molar-refractivity contribution in [2.75, 3.05) is 13.1 Å². The first-order valence-electron chi connectivity index (χ1n) is 11.9. The number of pyridine rings is 1. The summed E-state index contributed by atoms with van der Waals surface area (Å²) in [6.07, 6.45) is -1.02.